The molecule has 6 nitrogen and oxygen atoms in total. The molecule has 1 heterocycles. The van der Waals surface area contributed by atoms with Gasteiger partial charge in [0.05, 0.1) is 12.5 Å². The van der Waals surface area contributed by atoms with Crippen LogP contribution in [0.1, 0.15) is 24.0 Å². The van der Waals surface area contributed by atoms with Crippen molar-refractivity contribution < 1.29 is 19.5 Å². The smallest absolute Gasteiger partial charge is 0.312 e. The molecular formula is C14H16N2O4. The Hall–Kier alpha value is -2.37. The summed E-state index contributed by atoms with van der Waals surface area (Å²) in [5.41, 5.74) is 1.59. The molecule has 0 spiro atoms. The lowest BCUT2D eigenvalue weighted by Gasteiger charge is -2.32. The van der Waals surface area contributed by atoms with Crippen LogP contribution in [0.2, 0.25) is 0 Å². The van der Waals surface area contributed by atoms with E-state index in [1.807, 2.05) is 12.1 Å². The maximum Gasteiger partial charge on any atom is 0.312 e. The highest BCUT2D eigenvalue weighted by Gasteiger charge is 2.32. The predicted molar refractivity (Wildman–Crippen MR) is 70.9 cm³/mol. The van der Waals surface area contributed by atoms with Crippen LogP contribution in [-0.2, 0) is 20.9 Å². The maximum absolute atomic E-state index is 12.0. The highest BCUT2D eigenvalue weighted by Crippen LogP contribution is 2.28. The lowest BCUT2D eigenvalue weighted by Crippen LogP contribution is -2.44. The predicted octanol–water partition coefficient (Wildman–Crippen LogP) is 0.333. The van der Waals surface area contributed by atoms with Gasteiger partial charge in [-0.05, 0) is 11.1 Å². The average molecular weight is 276 g/mol. The summed E-state index contributed by atoms with van der Waals surface area (Å²) in [6.07, 6.45) is 0. The number of hydrogen-bond donors (Lipinski definition) is 2. The Kier molecular flexibility index (Phi) is 4.02. The third-order valence-electron chi connectivity index (χ3n) is 3.33. The Morgan fingerprint density at radius 2 is 2.05 bits per heavy atom. The van der Waals surface area contributed by atoms with Crippen molar-refractivity contribution in [2.24, 2.45) is 0 Å². The number of carboxylic acids is 1. The van der Waals surface area contributed by atoms with Crippen molar-refractivity contribution in [3.63, 3.8) is 0 Å². The molecule has 20 heavy (non-hydrogen) atoms. The van der Waals surface area contributed by atoms with Gasteiger partial charge in [-0.1, -0.05) is 24.3 Å². The van der Waals surface area contributed by atoms with Gasteiger partial charge in [0, 0.05) is 20.0 Å². The van der Waals surface area contributed by atoms with Crippen LogP contribution in [-0.4, -0.2) is 40.9 Å². The zero-order chi connectivity index (χ0) is 14.7. The van der Waals surface area contributed by atoms with Gasteiger partial charge >= 0.3 is 5.97 Å². The molecule has 6 heteroatoms. The molecule has 106 valence electrons. The third-order valence-corrected chi connectivity index (χ3v) is 3.33. The summed E-state index contributed by atoms with van der Waals surface area (Å²) < 4.78 is 0. The minimum Gasteiger partial charge on any atom is -0.481 e. The number of aliphatic carboxylic acids is 1. The zero-order valence-corrected chi connectivity index (χ0v) is 11.1. The first-order valence-electron chi connectivity index (χ1n) is 6.32. The van der Waals surface area contributed by atoms with Crippen LogP contribution >= 0.6 is 0 Å². The number of carboxylic acid groups (broad SMARTS) is 1. The van der Waals surface area contributed by atoms with Gasteiger partial charge < -0.3 is 15.3 Å². The zero-order valence-electron chi connectivity index (χ0n) is 11.1. The van der Waals surface area contributed by atoms with Gasteiger partial charge in [-0.25, -0.2) is 0 Å². The van der Waals surface area contributed by atoms with Gasteiger partial charge in [0.25, 0.3) is 0 Å². The van der Waals surface area contributed by atoms with Crippen molar-refractivity contribution in [2.75, 3.05) is 13.1 Å². The second-order valence-corrected chi connectivity index (χ2v) is 4.77. The first-order chi connectivity index (χ1) is 9.49. The fraction of sp³-hybridized carbons (Fsp3) is 0.357. The minimum atomic E-state index is -0.950. The van der Waals surface area contributed by atoms with Crippen LogP contribution < -0.4 is 5.32 Å². The summed E-state index contributed by atoms with van der Waals surface area (Å²) in [6.45, 7) is 1.73. The van der Waals surface area contributed by atoms with Crippen molar-refractivity contribution in [1.82, 2.24) is 10.2 Å². The maximum atomic E-state index is 12.0. The largest absolute Gasteiger partial charge is 0.481 e. The van der Waals surface area contributed by atoms with Gasteiger partial charge in [-0.2, -0.15) is 0 Å². The second-order valence-electron chi connectivity index (χ2n) is 4.77. The molecule has 2 rings (SSSR count). The van der Waals surface area contributed by atoms with E-state index >= 15 is 0 Å². The van der Waals surface area contributed by atoms with Crippen molar-refractivity contribution in [3.05, 3.63) is 35.4 Å². The highest BCUT2D eigenvalue weighted by atomic mass is 16.4. The Bertz CT molecular complexity index is 556. The molecule has 0 bridgehead atoms. The summed E-state index contributed by atoms with van der Waals surface area (Å²) >= 11 is 0. The van der Waals surface area contributed by atoms with Gasteiger partial charge in [0.1, 0.15) is 0 Å². The molecule has 0 saturated heterocycles. The number of nitrogens with one attached hydrogen (secondary N) is 1. The molecule has 1 aromatic carbocycles. The van der Waals surface area contributed by atoms with Crippen molar-refractivity contribution in [1.29, 1.82) is 0 Å². The van der Waals surface area contributed by atoms with Gasteiger partial charge in [0.15, 0.2) is 0 Å². The molecular weight excluding hydrogens is 260 g/mol. The van der Waals surface area contributed by atoms with E-state index in [9.17, 15) is 19.5 Å². The minimum absolute atomic E-state index is 0.107. The first-order valence-corrected chi connectivity index (χ1v) is 6.32. The molecule has 1 aromatic rings. The monoisotopic (exact) mass is 276 g/mol. The van der Waals surface area contributed by atoms with Gasteiger partial charge in [-0.15, -0.1) is 0 Å². The van der Waals surface area contributed by atoms with Gasteiger partial charge in [-0.3, -0.25) is 14.4 Å². The Labute approximate surface area is 116 Å². The second kappa shape index (κ2) is 5.73. The van der Waals surface area contributed by atoms with Crippen LogP contribution in [0.15, 0.2) is 24.3 Å². The average Bonchev–Trinajstić information content (AvgIpc) is 2.43. The van der Waals surface area contributed by atoms with E-state index in [1.54, 1.807) is 12.1 Å². The van der Waals surface area contributed by atoms with E-state index in [4.69, 9.17) is 0 Å². The molecule has 1 atom stereocenters. The van der Waals surface area contributed by atoms with E-state index in [1.165, 1.54) is 11.8 Å². The molecule has 0 fully saturated rings. The molecule has 2 N–H and O–H groups in total. The van der Waals surface area contributed by atoms with E-state index < -0.39 is 11.9 Å². The molecule has 2 amide bonds. The highest BCUT2D eigenvalue weighted by molar-refractivity contribution is 5.85. The summed E-state index contributed by atoms with van der Waals surface area (Å²) in [5, 5.41) is 11.7. The van der Waals surface area contributed by atoms with Crippen molar-refractivity contribution >= 4 is 17.8 Å². The van der Waals surface area contributed by atoms with E-state index in [0.717, 1.165) is 11.1 Å². The number of carbonyl (C=O) groups excluding carboxylic acids is 2. The number of amides is 2. The van der Waals surface area contributed by atoms with Gasteiger partial charge in [0.2, 0.25) is 11.8 Å². The molecule has 1 unspecified atom stereocenters. The molecule has 1 aliphatic rings. The summed E-state index contributed by atoms with van der Waals surface area (Å²) in [5.74, 6) is -2.23. The van der Waals surface area contributed by atoms with Crippen molar-refractivity contribution in [3.8, 4) is 0 Å². The van der Waals surface area contributed by atoms with Crippen LogP contribution in [0.3, 0.4) is 0 Å². The standard InChI is InChI=1S/C14H16N2O4/c1-9(17)15-6-13(18)16-7-10-4-2-3-5-11(10)12(8-16)14(19)20/h2-5,12H,6-8H2,1H3,(H,15,17)(H,19,20). The number of benzene rings is 1. The number of rotatable bonds is 3. The Balaban J connectivity index is 2.18. The van der Waals surface area contributed by atoms with E-state index in [2.05, 4.69) is 5.32 Å². The SMILES string of the molecule is CC(=O)NCC(=O)N1Cc2ccccc2C(C(=O)O)C1. The Morgan fingerprint density at radius 3 is 2.70 bits per heavy atom. The fourth-order valence-electron chi connectivity index (χ4n) is 2.32. The summed E-state index contributed by atoms with van der Waals surface area (Å²) in [7, 11) is 0. The van der Waals surface area contributed by atoms with Crippen LogP contribution in [0.25, 0.3) is 0 Å². The number of hydrogen-bond acceptors (Lipinski definition) is 3. The molecule has 0 radical (unpaired) electrons. The summed E-state index contributed by atoms with van der Waals surface area (Å²) in [6, 6.07) is 7.22. The molecule has 0 aliphatic carbocycles. The number of fused-ring (bicyclic) bond motifs is 1. The lowest BCUT2D eigenvalue weighted by atomic mass is 9.90. The normalized spacial score (nSPS) is 17.2. The first kappa shape index (κ1) is 14.0. The quantitative estimate of drug-likeness (QED) is 0.833. The number of nitrogens with zero attached hydrogens (tertiary/aromatic N) is 1. The Morgan fingerprint density at radius 1 is 1.35 bits per heavy atom. The molecule has 1 aliphatic heterocycles. The van der Waals surface area contributed by atoms with Crippen LogP contribution in [0.4, 0.5) is 0 Å². The molecule has 0 saturated carbocycles. The number of carbonyl (C=O) groups is 3. The van der Waals surface area contributed by atoms with Crippen LogP contribution in [0.5, 0.6) is 0 Å². The van der Waals surface area contributed by atoms with Crippen LogP contribution in [0, 0.1) is 0 Å². The fourth-order valence-corrected chi connectivity index (χ4v) is 2.32. The third kappa shape index (κ3) is 2.96. The molecule has 0 aromatic heterocycles. The van der Waals surface area contributed by atoms with E-state index in [-0.39, 0.29) is 24.9 Å². The van der Waals surface area contributed by atoms with E-state index in [0.29, 0.717) is 6.54 Å². The topological polar surface area (TPSA) is 86.7 Å². The van der Waals surface area contributed by atoms with Crippen molar-refractivity contribution in [2.45, 2.75) is 19.4 Å². The summed E-state index contributed by atoms with van der Waals surface area (Å²) in [4.78, 5) is 35.6. The lowest BCUT2D eigenvalue weighted by molar-refractivity contribution is -0.141.